The smallest absolute Gasteiger partial charge is 0.232 e. The molecule has 0 spiro atoms. The molecule has 0 radical (unpaired) electrons. The van der Waals surface area contributed by atoms with Gasteiger partial charge in [0.2, 0.25) is 5.91 Å². The van der Waals surface area contributed by atoms with E-state index in [9.17, 15) is 4.79 Å². The van der Waals surface area contributed by atoms with Gasteiger partial charge in [-0.05, 0) is 7.05 Å². The van der Waals surface area contributed by atoms with E-state index in [0.29, 0.717) is 6.42 Å². The molecule has 0 saturated carbocycles. The van der Waals surface area contributed by atoms with Crippen LogP contribution in [0.3, 0.4) is 0 Å². The maximum atomic E-state index is 11.1. The first-order chi connectivity index (χ1) is 4.70. The van der Waals surface area contributed by atoms with E-state index in [1.54, 1.807) is 3.11 Å². The summed E-state index contributed by atoms with van der Waals surface area (Å²) in [6.07, 6.45) is 0.666. The van der Waals surface area contributed by atoms with Crippen LogP contribution in [0.15, 0.2) is 0 Å². The first kappa shape index (κ1) is 8.26. The molecule has 0 aromatic heterocycles. The molecule has 1 fully saturated rings. The third kappa shape index (κ3) is 2.09. The summed E-state index contributed by atoms with van der Waals surface area (Å²) in [6.45, 7) is 2.75. The fourth-order valence-electron chi connectivity index (χ4n) is 0.903. The fraction of sp³-hybridized carbons (Fsp3) is 0.833. The van der Waals surface area contributed by atoms with E-state index in [2.05, 4.69) is 27.8 Å². The van der Waals surface area contributed by atoms with Crippen molar-refractivity contribution in [1.82, 2.24) is 8.01 Å². The zero-order chi connectivity index (χ0) is 7.56. The van der Waals surface area contributed by atoms with Gasteiger partial charge in [-0.15, -0.1) is 0 Å². The van der Waals surface area contributed by atoms with Crippen molar-refractivity contribution in [2.24, 2.45) is 0 Å². The second kappa shape index (κ2) is 3.52. The van der Waals surface area contributed by atoms with Crippen molar-refractivity contribution in [1.29, 1.82) is 0 Å². The Balaban J connectivity index is 2.46. The second-order valence-electron chi connectivity index (χ2n) is 2.53. The lowest BCUT2D eigenvalue weighted by Crippen LogP contribution is -2.23. The minimum absolute atomic E-state index is 0.255. The van der Waals surface area contributed by atoms with E-state index in [0.717, 1.165) is 19.6 Å². The standard InChI is InChI=1S/C6H11IN2O/c1-8-3-2-6(10)9(7)5-4-8/h2-5H2,1H3. The lowest BCUT2D eigenvalue weighted by molar-refractivity contribution is -0.124. The molecule has 0 aromatic carbocycles. The molecule has 1 heterocycles. The number of nitrogens with zero attached hydrogens (tertiary/aromatic N) is 2. The van der Waals surface area contributed by atoms with Crippen molar-refractivity contribution in [3.05, 3.63) is 0 Å². The van der Waals surface area contributed by atoms with Crippen molar-refractivity contribution < 1.29 is 4.79 Å². The van der Waals surface area contributed by atoms with Crippen LogP contribution in [-0.4, -0.2) is 40.6 Å². The predicted octanol–water partition coefficient (Wildman–Crippen LogP) is 0.501. The van der Waals surface area contributed by atoms with Gasteiger partial charge in [-0.2, -0.15) is 0 Å². The van der Waals surface area contributed by atoms with Gasteiger partial charge in [0.25, 0.3) is 0 Å². The Morgan fingerprint density at radius 2 is 2.10 bits per heavy atom. The molecule has 1 rings (SSSR count). The average Bonchev–Trinajstić information content (AvgIpc) is 2.04. The van der Waals surface area contributed by atoms with Crippen molar-refractivity contribution in [2.75, 3.05) is 26.7 Å². The Labute approximate surface area is 74.9 Å². The van der Waals surface area contributed by atoms with Crippen LogP contribution in [0.25, 0.3) is 0 Å². The number of amides is 1. The fourth-order valence-corrected chi connectivity index (χ4v) is 1.36. The highest BCUT2D eigenvalue weighted by molar-refractivity contribution is 14.1. The average molecular weight is 254 g/mol. The molecular weight excluding hydrogens is 243 g/mol. The first-order valence-corrected chi connectivity index (χ1v) is 4.31. The lowest BCUT2D eigenvalue weighted by Gasteiger charge is -2.11. The summed E-state index contributed by atoms with van der Waals surface area (Å²) in [5, 5.41) is 0. The first-order valence-electron chi connectivity index (χ1n) is 3.35. The molecule has 58 valence electrons. The molecule has 10 heavy (non-hydrogen) atoms. The van der Waals surface area contributed by atoms with Gasteiger partial charge in [0.05, 0.1) is 22.9 Å². The van der Waals surface area contributed by atoms with Crippen molar-refractivity contribution in [2.45, 2.75) is 6.42 Å². The monoisotopic (exact) mass is 254 g/mol. The van der Waals surface area contributed by atoms with Gasteiger partial charge >= 0.3 is 0 Å². The van der Waals surface area contributed by atoms with E-state index in [1.807, 2.05) is 7.05 Å². The third-order valence-corrected chi connectivity index (χ3v) is 2.68. The van der Waals surface area contributed by atoms with Gasteiger partial charge in [-0.3, -0.25) is 7.91 Å². The second-order valence-corrected chi connectivity index (χ2v) is 3.70. The quantitative estimate of drug-likeness (QED) is 0.464. The maximum Gasteiger partial charge on any atom is 0.232 e. The van der Waals surface area contributed by atoms with Crippen molar-refractivity contribution >= 4 is 28.8 Å². The van der Waals surface area contributed by atoms with Gasteiger partial charge < -0.3 is 4.90 Å². The van der Waals surface area contributed by atoms with E-state index < -0.39 is 0 Å². The van der Waals surface area contributed by atoms with Crippen LogP contribution in [-0.2, 0) is 4.79 Å². The topological polar surface area (TPSA) is 23.6 Å². The number of hydrogen-bond acceptors (Lipinski definition) is 2. The summed E-state index contributed by atoms with van der Waals surface area (Å²) in [7, 11) is 2.04. The SMILES string of the molecule is CN1CCC(=O)N(I)CC1. The maximum absolute atomic E-state index is 11.1. The molecule has 0 atom stereocenters. The molecule has 4 heteroatoms. The van der Waals surface area contributed by atoms with Crippen LogP contribution in [0.1, 0.15) is 6.42 Å². The number of carbonyl (C=O) groups is 1. The van der Waals surface area contributed by atoms with Gasteiger partial charge in [0, 0.05) is 26.1 Å². The van der Waals surface area contributed by atoms with Gasteiger partial charge in [0.15, 0.2) is 0 Å². The molecule has 1 aliphatic heterocycles. The highest BCUT2D eigenvalue weighted by atomic mass is 127. The number of hydrogen-bond donors (Lipinski definition) is 0. The number of likely N-dealkylation sites (N-methyl/N-ethyl adjacent to an activating group) is 1. The number of halogens is 1. The normalized spacial score (nSPS) is 23.0. The molecule has 0 aliphatic carbocycles. The molecule has 1 amide bonds. The number of carbonyl (C=O) groups excluding carboxylic acids is 1. The molecule has 1 saturated heterocycles. The van der Waals surface area contributed by atoms with Gasteiger partial charge in [-0.1, -0.05) is 0 Å². The van der Waals surface area contributed by atoms with E-state index in [4.69, 9.17) is 0 Å². The molecular formula is C6H11IN2O. The van der Waals surface area contributed by atoms with E-state index >= 15 is 0 Å². The summed E-state index contributed by atoms with van der Waals surface area (Å²) < 4.78 is 1.77. The molecule has 1 aliphatic rings. The zero-order valence-corrected chi connectivity index (χ0v) is 8.17. The summed E-state index contributed by atoms with van der Waals surface area (Å²) in [5.74, 6) is 0.255. The van der Waals surface area contributed by atoms with E-state index in [1.165, 1.54) is 0 Å². The molecule has 3 nitrogen and oxygen atoms in total. The van der Waals surface area contributed by atoms with Crippen LogP contribution in [0.5, 0.6) is 0 Å². The highest BCUT2D eigenvalue weighted by Gasteiger charge is 2.15. The Morgan fingerprint density at radius 3 is 2.80 bits per heavy atom. The van der Waals surface area contributed by atoms with Crippen LogP contribution >= 0.6 is 22.9 Å². The lowest BCUT2D eigenvalue weighted by atomic mass is 10.4. The predicted molar refractivity (Wildman–Crippen MR) is 47.8 cm³/mol. The van der Waals surface area contributed by atoms with Crippen molar-refractivity contribution in [3.8, 4) is 0 Å². The number of rotatable bonds is 0. The zero-order valence-electron chi connectivity index (χ0n) is 6.01. The molecule has 0 N–H and O–H groups in total. The third-order valence-electron chi connectivity index (χ3n) is 1.66. The Morgan fingerprint density at radius 1 is 1.40 bits per heavy atom. The Kier molecular flexibility index (Phi) is 2.91. The summed E-state index contributed by atoms with van der Waals surface area (Å²) in [5.41, 5.74) is 0. The van der Waals surface area contributed by atoms with Crippen LogP contribution in [0.4, 0.5) is 0 Å². The largest absolute Gasteiger partial charge is 0.304 e. The van der Waals surface area contributed by atoms with Crippen molar-refractivity contribution in [3.63, 3.8) is 0 Å². The summed E-state index contributed by atoms with van der Waals surface area (Å²) >= 11 is 2.07. The van der Waals surface area contributed by atoms with Crippen LogP contribution in [0.2, 0.25) is 0 Å². The van der Waals surface area contributed by atoms with E-state index in [-0.39, 0.29) is 5.91 Å². The van der Waals surface area contributed by atoms with Crippen LogP contribution < -0.4 is 0 Å². The Bertz CT molecular complexity index is 140. The van der Waals surface area contributed by atoms with Gasteiger partial charge in [0.1, 0.15) is 0 Å². The van der Waals surface area contributed by atoms with Gasteiger partial charge in [-0.25, -0.2) is 0 Å². The summed E-state index contributed by atoms with van der Waals surface area (Å²) in [6, 6.07) is 0. The molecule has 0 bridgehead atoms. The minimum Gasteiger partial charge on any atom is -0.304 e. The van der Waals surface area contributed by atoms with Crippen LogP contribution in [0, 0.1) is 0 Å². The highest BCUT2D eigenvalue weighted by Crippen LogP contribution is 2.06. The molecule has 0 unspecified atom stereocenters. The Hall–Kier alpha value is 0.160. The molecule has 0 aromatic rings. The summed E-state index contributed by atoms with van der Waals surface area (Å²) in [4.78, 5) is 13.2. The minimum atomic E-state index is 0.255.